The number of hydrogen-bond donors (Lipinski definition) is 0. The van der Waals surface area contributed by atoms with Crippen molar-refractivity contribution in [2.24, 2.45) is 0 Å². The van der Waals surface area contributed by atoms with Crippen LogP contribution in [0.2, 0.25) is 0 Å². The van der Waals surface area contributed by atoms with Gasteiger partial charge in [-0.3, -0.25) is 4.79 Å². The molecule has 100 valence electrons. The van der Waals surface area contributed by atoms with Crippen LogP contribution < -0.4 is 0 Å². The van der Waals surface area contributed by atoms with Crippen molar-refractivity contribution >= 4 is 17.5 Å². The van der Waals surface area contributed by atoms with E-state index in [1.54, 1.807) is 6.92 Å². The van der Waals surface area contributed by atoms with Gasteiger partial charge in [-0.2, -0.15) is 0 Å². The minimum atomic E-state index is -0.426. The number of likely N-dealkylation sites (tertiary alicyclic amines) is 1. The van der Waals surface area contributed by atoms with Crippen LogP contribution in [0.15, 0.2) is 0 Å². The van der Waals surface area contributed by atoms with Gasteiger partial charge in [0.05, 0.1) is 19.3 Å². The first-order valence-corrected chi connectivity index (χ1v) is 6.71. The van der Waals surface area contributed by atoms with Crippen molar-refractivity contribution in [1.82, 2.24) is 4.90 Å². The van der Waals surface area contributed by atoms with E-state index in [-0.39, 0.29) is 12.0 Å². The number of halogens is 1. The van der Waals surface area contributed by atoms with Gasteiger partial charge in [0.2, 0.25) is 5.91 Å². The Bertz CT molecular complexity index is 228. The van der Waals surface area contributed by atoms with Crippen LogP contribution in [0.5, 0.6) is 0 Å². The molecule has 0 bridgehead atoms. The molecule has 0 aromatic heterocycles. The van der Waals surface area contributed by atoms with Crippen LogP contribution in [0.4, 0.5) is 0 Å². The van der Waals surface area contributed by atoms with Crippen LogP contribution in [0, 0.1) is 0 Å². The van der Waals surface area contributed by atoms with E-state index >= 15 is 0 Å². The Morgan fingerprint density at radius 2 is 2.06 bits per heavy atom. The molecule has 1 aliphatic rings. The van der Waals surface area contributed by atoms with Crippen molar-refractivity contribution in [1.29, 1.82) is 0 Å². The lowest BCUT2D eigenvalue weighted by molar-refractivity contribution is -0.133. The number of hydrogen-bond acceptors (Lipinski definition) is 3. The Balaban J connectivity index is 2.15. The summed E-state index contributed by atoms with van der Waals surface area (Å²) >= 11 is 5.78. The minimum absolute atomic E-state index is 0.0273. The molecule has 1 unspecified atom stereocenters. The van der Waals surface area contributed by atoms with Gasteiger partial charge in [0.25, 0.3) is 0 Å². The van der Waals surface area contributed by atoms with E-state index in [0.29, 0.717) is 13.2 Å². The van der Waals surface area contributed by atoms with Gasteiger partial charge in [0, 0.05) is 19.7 Å². The first-order valence-electron chi connectivity index (χ1n) is 6.27. The number of amides is 1. The molecule has 17 heavy (non-hydrogen) atoms. The highest BCUT2D eigenvalue weighted by atomic mass is 35.5. The second-order valence-electron chi connectivity index (χ2n) is 4.21. The highest BCUT2D eigenvalue weighted by Crippen LogP contribution is 2.15. The number of rotatable bonds is 6. The Labute approximate surface area is 108 Å². The largest absolute Gasteiger partial charge is 0.379 e. The molecule has 1 fully saturated rings. The van der Waals surface area contributed by atoms with E-state index in [4.69, 9.17) is 21.1 Å². The van der Waals surface area contributed by atoms with Crippen molar-refractivity contribution < 1.29 is 14.3 Å². The SMILES string of the molecule is CCOCCOC1CCN(C(=O)C(C)Cl)CC1. The van der Waals surface area contributed by atoms with Gasteiger partial charge in [0.15, 0.2) is 0 Å². The standard InChI is InChI=1S/C12H22ClNO3/c1-3-16-8-9-17-11-4-6-14(7-5-11)12(15)10(2)13/h10-11H,3-9H2,1-2H3. The lowest BCUT2D eigenvalue weighted by Gasteiger charge is -2.32. The highest BCUT2D eigenvalue weighted by Gasteiger charge is 2.25. The summed E-state index contributed by atoms with van der Waals surface area (Å²) in [6, 6.07) is 0. The van der Waals surface area contributed by atoms with Crippen LogP contribution in [0.1, 0.15) is 26.7 Å². The minimum Gasteiger partial charge on any atom is -0.379 e. The molecule has 0 saturated carbocycles. The molecule has 1 amide bonds. The van der Waals surface area contributed by atoms with Gasteiger partial charge in [-0.25, -0.2) is 0 Å². The molecule has 0 aromatic carbocycles. The maximum atomic E-state index is 11.6. The summed E-state index contributed by atoms with van der Waals surface area (Å²) in [4.78, 5) is 13.5. The molecule has 1 heterocycles. The van der Waals surface area contributed by atoms with Gasteiger partial charge in [-0.1, -0.05) is 0 Å². The molecule has 1 aliphatic heterocycles. The summed E-state index contributed by atoms with van der Waals surface area (Å²) in [6.45, 7) is 7.19. The fourth-order valence-electron chi connectivity index (χ4n) is 1.91. The number of carbonyl (C=O) groups excluding carboxylic acids is 1. The average molecular weight is 264 g/mol. The van der Waals surface area contributed by atoms with Gasteiger partial charge < -0.3 is 14.4 Å². The lowest BCUT2D eigenvalue weighted by Crippen LogP contribution is -2.43. The van der Waals surface area contributed by atoms with Crippen molar-refractivity contribution in [2.45, 2.75) is 38.2 Å². The van der Waals surface area contributed by atoms with Gasteiger partial charge in [0.1, 0.15) is 5.38 Å². The molecule has 0 aromatic rings. The lowest BCUT2D eigenvalue weighted by atomic mass is 10.1. The van der Waals surface area contributed by atoms with Crippen molar-refractivity contribution in [3.8, 4) is 0 Å². The predicted molar refractivity (Wildman–Crippen MR) is 67.4 cm³/mol. The second kappa shape index (κ2) is 7.90. The molecular weight excluding hydrogens is 242 g/mol. The topological polar surface area (TPSA) is 38.8 Å². The van der Waals surface area contributed by atoms with E-state index in [0.717, 1.165) is 32.5 Å². The average Bonchev–Trinajstić information content (AvgIpc) is 2.34. The predicted octanol–water partition coefficient (Wildman–Crippen LogP) is 1.66. The third-order valence-corrected chi connectivity index (χ3v) is 3.07. The Kier molecular flexibility index (Phi) is 6.85. The number of nitrogens with zero attached hydrogens (tertiary/aromatic N) is 1. The van der Waals surface area contributed by atoms with Crippen LogP contribution in [-0.4, -0.2) is 55.2 Å². The summed E-state index contributed by atoms with van der Waals surface area (Å²) in [5.74, 6) is 0.0273. The van der Waals surface area contributed by atoms with E-state index in [1.165, 1.54) is 0 Å². The summed E-state index contributed by atoms with van der Waals surface area (Å²) in [5, 5.41) is -0.426. The summed E-state index contributed by atoms with van der Waals surface area (Å²) in [5.41, 5.74) is 0. The van der Waals surface area contributed by atoms with E-state index in [9.17, 15) is 4.79 Å². The number of piperidine rings is 1. The molecule has 5 heteroatoms. The number of alkyl halides is 1. The number of ether oxygens (including phenoxy) is 2. The molecule has 1 atom stereocenters. The molecule has 1 saturated heterocycles. The third-order valence-electron chi connectivity index (χ3n) is 2.88. The Morgan fingerprint density at radius 1 is 1.41 bits per heavy atom. The Hall–Kier alpha value is -0.320. The molecule has 4 nitrogen and oxygen atoms in total. The van der Waals surface area contributed by atoms with Crippen LogP contribution in [0.25, 0.3) is 0 Å². The fraction of sp³-hybridized carbons (Fsp3) is 0.917. The van der Waals surface area contributed by atoms with Crippen molar-refractivity contribution in [3.05, 3.63) is 0 Å². The second-order valence-corrected chi connectivity index (χ2v) is 4.86. The Morgan fingerprint density at radius 3 is 2.59 bits per heavy atom. The third kappa shape index (κ3) is 5.23. The molecular formula is C12H22ClNO3. The quantitative estimate of drug-likeness (QED) is 0.540. The zero-order valence-electron chi connectivity index (χ0n) is 10.7. The van der Waals surface area contributed by atoms with Gasteiger partial charge in [-0.15, -0.1) is 11.6 Å². The summed E-state index contributed by atoms with van der Waals surface area (Å²) < 4.78 is 10.9. The van der Waals surface area contributed by atoms with Crippen molar-refractivity contribution in [2.75, 3.05) is 32.9 Å². The number of carbonyl (C=O) groups is 1. The maximum absolute atomic E-state index is 11.6. The van der Waals surface area contributed by atoms with Gasteiger partial charge in [-0.05, 0) is 26.7 Å². The van der Waals surface area contributed by atoms with Crippen LogP contribution in [0.3, 0.4) is 0 Å². The van der Waals surface area contributed by atoms with Crippen LogP contribution in [-0.2, 0) is 14.3 Å². The summed E-state index contributed by atoms with van der Waals surface area (Å²) in [6.07, 6.45) is 2.04. The molecule has 0 spiro atoms. The monoisotopic (exact) mass is 263 g/mol. The molecule has 1 rings (SSSR count). The smallest absolute Gasteiger partial charge is 0.240 e. The van der Waals surface area contributed by atoms with E-state index in [1.807, 2.05) is 11.8 Å². The molecule has 0 radical (unpaired) electrons. The van der Waals surface area contributed by atoms with Crippen molar-refractivity contribution in [3.63, 3.8) is 0 Å². The summed E-state index contributed by atoms with van der Waals surface area (Å²) in [7, 11) is 0. The highest BCUT2D eigenvalue weighted by molar-refractivity contribution is 6.30. The van der Waals surface area contributed by atoms with E-state index in [2.05, 4.69) is 0 Å². The molecule has 0 aliphatic carbocycles. The fourth-order valence-corrected chi connectivity index (χ4v) is 2.05. The molecule has 0 N–H and O–H groups in total. The maximum Gasteiger partial charge on any atom is 0.240 e. The first kappa shape index (κ1) is 14.7. The van der Waals surface area contributed by atoms with Crippen LogP contribution >= 0.6 is 11.6 Å². The van der Waals surface area contributed by atoms with Gasteiger partial charge >= 0.3 is 0 Å². The first-order chi connectivity index (χ1) is 8.15. The zero-order valence-corrected chi connectivity index (χ0v) is 11.4. The van der Waals surface area contributed by atoms with E-state index < -0.39 is 5.38 Å². The normalized spacial score (nSPS) is 19.4. The zero-order chi connectivity index (χ0) is 12.7.